The maximum absolute atomic E-state index is 14.7. The smallest absolute Gasteiger partial charge is 0.323 e. The normalized spacial score (nSPS) is 11.2. The average Bonchev–Trinajstić information content (AvgIpc) is 2.92. The molecule has 0 aliphatic heterocycles. The maximum atomic E-state index is 14.7. The molecule has 3 aromatic carbocycles. The second-order valence-corrected chi connectivity index (χ2v) is 9.43. The van der Waals surface area contributed by atoms with Gasteiger partial charge in [-0.3, -0.25) is 9.36 Å². The lowest BCUT2D eigenvalue weighted by atomic mass is 10.1. The number of fused-ring (bicyclic) bond motifs is 2. The summed E-state index contributed by atoms with van der Waals surface area (Å²) in [5, 5.41) is 11.0. The number of hydrogen-bond acceptors (Lipinski definition) is 6. The summed E-state index contributed by atoms with van der Waals surface area (Å²) in [6.45, 7) is 1.46. The molecule has 2 heterocycles. The van der Waals surface area contributed by atoms with Gasteiger partial charge in [-0.15, -0.1) is 0 Å². The number of carbonyl (C=O) groups is 1. The van der Waals surface area contributed by atoms with Gasteiger partial charge in [-0.05, 0) is 49.3 Å². The van der Waals surface area contributed by atoms with Crippen molar-refractivity contribution in [1.29, 1.82) is 0 Å². The molecule has 10 heteroatoms. The number of urea groups is 1. The highest BCUT2D eigenvalue weighted by atomic mass is 19.1. The Hall–Kier alpha value is -4.83. The summed E-state index contributed by atoms with van der Waals surface area (Å²) in [5.74, 6) is -0.196. The number of aryl methyl sites for hydroxylation is 1. The minimum absolute atomic E-state index is 0.0518. The van der Waals surface area contributed by atoms with E-state index in [4.69, 9.17) is 0 Å². The zero-order valence-electron chi connectivity index (χ0n) is 21.8. The van der Waals surface area contributed by atoms with Crippen molar-refractivity contribution >= 4 is 45.2 Å². The number of halogens is 1. The molecule has 5 rings (SSSR count). The third-order valence-electron chi connectivity index (χ3n) is 6.35. The molecule has 0 spiro atoms. The number of rotatable bonds is 7. The molecule has 39 heavy (non-hydrogen) atoms. The molecule has 5 aromatic rings. The van der Waals surface area contributed by atoms with E-state index in [1.165, 1.54) is 22.8 Å². The van der Waals surface area contributed by atoms with Crippen molar-refractivity contribution in [2.75, 3.05) is 43.1 Å². The first-order valence-electron chi connectivity index (χ1n) is 12.4. The van der Waals surface area contributed by atoms with Crippen molar-refractivity contribution in [2.45, 2.75) is 0 Å². The van der Waals surface area contributed by atoms with E-state index in [-0.39, 0.29) is 11.2 Å². The molecule has 0 radical (unpaired) electrons. The van der Waals surface area contributed by atoms with E-state index in [2.05, 4.69) is 25.9 Å². The number of carbonyl (C=O) groups excluding carboxylic acids is 1. The van der Waals surface area contributed by atoms with Crippen molar-refractivity contribution in [3.8, 4) is 11.1 Å². The third-order valence-corrected chi connectivity index (χ3v) is 6.35. The fourth-order valence-corrected chi connectivity index (χ4v) is 4.33. The van der Waals surface area contributed by atoms with Crippen LogP contribution in [0.3, 0.4) is 0 Å². The minimum atomic E-state index is -0.624. The fourth-order valence-electron chi connectivity index (χ4n) is 4.33. The van der Waals surface area contributed by atoms with Gasteiger partial charge in [-0.1, -0.05) is 42.5 Å². The fraction of sp³-hybridized carbons (Fsp3) is 0.172. The van der Waals surface area contributed by atoms with Crippen LogP contribution in [0.5, 0.6) is 0 Å². The molecule has 0 saturated heterocycles. The number of anilines is 3. The van der Waals surface area contributed by atoms with Gasteiger partial charge in [0, 0.05) is 42.7 Å². The molecule has 3 N–H and O–H groups in total. The Bertz CT molecular complexity index is 1740. The predicted molar refractivity (Wildman–Crippen MR) is 154 cm³/mol. The average molecular weight is 526 g/mol. The zero-order valence-corrected chi connectivity index (χ0v) is 21.8. The van der Waals surface area contributed by atoms with E-state index < -0.39 is 11.8 Å². The summed E-state index contributed by atoms with van der Waals surface area (Å²) in [7, 11) is 5.58. The lowest BCUT2D eigenvalue weighted by Crippen LogP contribution is -2.23. The number of hydrogen-bond donors (Lipinski definition) is 3. The number of aromatic nitrogens is 3. The van der Waals surface area contributed by atoms with E-state index >= 15 is 0 Å². The summed E-state index contributed by atoms with van der Waals surface area (Å²) in [5.41, 5.74) is 1.50. The number of likely N-dealkylation sites (N-methyl/N-ethyl adjacent to an activating group) is 1. The lowest BCUT2D eigenvalue weighted by Gasteiger charge is -2.13. The van der Waals surface area contributed by atoms with E-state index in [9.17, 15) is 14.0 Å². The van der Waals surface area contributed by atoms with E-state index in [0.29, 0.717) is 40.3 Å². The van der Waals surface area contributed by atoms with Crippen LogP contribution in [0.1, 0.15) is 0 Å². The third kappa shape index (κ3) is 5.55. The van der Waals surface area contributed by atoms with Crippen molar-refractivity contribution in [1.82, 2.24) is 19.4 Å². The van der Waals surface area contributed by atoms with Crippen LogP contribution in [0.4, 0.5) is 26.5 Å². The molecule has 2 aromatic heterocycles. The Morgan fingerprint density at radius 3 is 2.56 bits per heavy atom. The first-order chi connectivity index (χ1) is 18.8. The maximum Gasteiger partial charge on any atom is 0.323 e. The van der Waals surface area contributed by atoms with E-state index in [0.717, 1.165) is 17.3 Å². The van der Waals surface area contributed by atoms with Crippen LogP contribution in [-0.2, 0) is 7.05 Å². The van der Waals surface area contributed by atoms with Crippen molar-refractivity contribution in [2.24, 2.45) is 7.05 Å². The van der Waals surface area contributed by atoms with Crippen LogP contribution in [0.2, 0.25) is 0 Å². The summed E-state index contributed by atoms with van der Waals surface area (Å²) >= 11 is 0. The van der Waals surface area contributed by atoms with Gasteiger partial charge in [-0.25, -0.2) is 14.2 Å². The van der Waals surface area contributed by atoms with Gasteiger partial charge in [0.2, 0.25) is 5.95 Å². The van der Waals surface area contributed by atoms with Crippen molar-refractivity contribution < 1.29 is 9.18 Å². The Labute approximate surface area is 224 Å². The van der Waals surface area contributed by atoms with Crippen molar-refractivity contribution in [3.63, 3.8) is 0 Å². The number of nitrogens with one attached hydrogen (secondary N) is 3. The van der Waals surface area contributed by atoms with E-state index in [1.807, 2.05) is 55.4 Å². The SMILES string of the molecule is CN(C)CCNc1ncc2cc(-c3ccc(F)c(NC(=O)Nc4cccc5ccccc45)c3)c(=O)n(C)c2n1. The van der Waals surface area contributed by atoms with Crippen LogP contribution in [0.25, 0.3) is 32.9 Å². The number of nitrogens with zero attached hydrogens (tertiary/aromatic N) is 4. The molecular weight excluding hydrogens is 497 g/mol. The van der Waals surface area contributed by atoms with Gasteiger partial charge >= 0.3 is 6.03 Å². The first-order valence-corrected chi connectivity index (χ1v) is 12.4. The van der Waals surface area contributed by atoms with Gasteiger partial charge in [0.25, 0.3) is 5.56 Å². The molecule has 0 saturated carbocycles. The lowest BCUT2D eigenvalue weighted by molar-refractivity contribution is 0.262. The quantitative estimate of drug-likeness (QED) is 0.279. The Morgan fingerprint density at radius 2 is 1.74 bits per heavy atom. The topological polar surface area (TPSA) is 104 Å². The number of pyridine rings is 1. The molecule has 0 bridgehead atoms. The molecular formula is C29H28FN7O2. The van der Waals surface area contributed by atoms with Gasteiger partial charge in [0.15, 0.2) is 0 Å². The summed E-state index contributed by atoms with van der Waals surface area (Å²) in [6, 6.07) is 18.4. The van der Waals surface area contributed by atoms with E-state index in [1.54, 1.807) is 25.4 Å². The number of benzene rings is 3. The summed E-state index contributed by atoms with van der Waals surface area (Å²) in [4.78, 5) is 36.9. The van der Waals surface area contributed by atoms with Crippen LogP contribution in [0.15, 0.2) is 77.7 Å². The molecule has 2 amide bonds. The molecule has 0 atom stereocenters. The Morgan fingerprint density at radius 1 is 0.974 bits per heavy atom. The summed E-state index contributed by atoms with van der Waals surface area (Å²) in [6.07, 6.45) is 1.64. The Kier molecular flexibility index (Phi) is 7.20. The Balaban J connectivity index is 1.41. The van der Waals surface area contributed by atoms with Gasteiger partial charge in [0.05, 0.1) is 11.4 Å². The van der Waals surface area contributed by atoms with Crippen LogP contribution >= 0.6 is 0 Å². The highest BCUT2D eigenvalue weighted by Gasteiger charge is 2.15. The second-order valence-electron chi connectivity index (χ2n) is 9.43. The molecule has 198 valence electrons. The van der Waals surface area contributed by atoms with Crippen LogP contribution < -0.4 is 21.5 Å². The molecule has 0 aliphatic rings. The highest BCUT2D eigenvalue weighted by Crippen LogP contribution is 2.27. The standard InChI is InChI=1S/C29H28FN7O2/c1-36(2)14-13-31-28-32-17-20-15-22(27(38)37(3)26(20)35-28)19-11-12-23(30)25(16-19)34-29(39)33-24-10-6-8-18-7-4-5-9-21(18)24/h4-12,15-17H,13-14H2,1-3H3,(H,31,32,35)(H2,33,34,39). The largest absolute Gasteiger partial charge is 0.353 e. The predicted octanol–water partition coefficient (Wildman–Crippen LogP) is 4.91. The number of amides is 2. The second kappa shape index (κ2) is 10.9. The van der Waals surface area contributed by atoms with Gasteiger partial charge < -0.3 is 20.9 Å². The molecule has 0 fully saturated rings. The van der Waals surface area contributed by atoms with Crippen LogP contribution in [0, 0.1) is 5.82 Å². The molecule has 9 nitrogen and oxygen atoms in total. The summed E-state index contributed by atoms with van der Waals surface area (Å²) < 4.78 is 16.1. The van der Waals surface area contributed by atoms with Gasteiger partial charge in [0.1, 0.15) is 11.5 Å². The van der Waals surface area contributed by atoms with Crippen LogP contribution in [-0.4, -0.2) is 52.7 Å². The van der Waals surface area contributed by atoms with Gasteiger partial charge in [-0.2, -0.15) is 4.98 Å². The zero-order chi connectivity index (χ0) is 27.5. The highest BCUT2D eigenvalue weighted by molar-refractivity contribution is 6.06. The minimum Gasteiger partial charge on any atom is -0.353 e. The monoisotopic (exact) mass is 525 g/mol. The molecule has 0 aliphatic carbocycles. The van der Waals surface area contributed by atoms with Crippen molar-refractivity contribution in [3.05, 3.63) is 89.1 Å². The molecule has 0 unspecified atom stereocenters. The first kappa shape index (κ1) is 25.8.